The minimum atomic E-state index is -0.0522. The second-order valence-corrected chi connectivity index (χ2v) is 4.26. The largest absolute Gasteiger partial charge is 0.348 e. The Morgan fingerprint density at radius 2 is 2.18 bits per heavy atom. The van der Waals surface area contributed by atoms with Crippen LogP contribution in [0.5, 0.6) is 0 Å². The molecule has 0 radical (unpaired) electrons. The van der Waals surface area contributed by atoms with Crippen LogP contribution in [0.15, 0.2) is 35.2 Å². The molecule has 0 fully saturated rings. The Kier molecular flexibility index (Phi) is 4.09. The summed E-state index contributed by atoms with van der Waals surface area (Å²) in [4.78, 5) is 12.6. The molecule has 1 aromatic carbocycles. The molecule has 2 aromatic rings. The topological polar surface area (TPSA) is 83.6 Å². The molecule has 0 aliphatic heterocycles. The first kappa shape index (κ1) is 11.6. The SMILES string of the molecule is O=C(CSc1ccccc1)NCc1nn[nH]n1. The van der Waals surface area contributed by atoms with Gasteiger partial charge in [-0.15, -0.1) is 22.0 Å². The quantitative estimate of drug-likeness (QED) is 0.758. The van der Waals surface area contributed by atoms with Crippen molar-refractivity contribution in [2.45, 2.75) is 11.4 Å². The third-order valence-corrected chi connectivity index (χ3v) is 2.96. The number of carbonyl (C=O) groups is 1. The van der Waals surface area contributed by atoms with Crippen LogP contribution >= 0.6 is 11.8 Å². The van der Waals surface area contributed by atoms with E-state index in [1.54, 1.807) is 0 Å². The second-order valence-electron chi connectivity index (χ2n) is 3.21. The third kappa shape index (κ3) is 3.87. The maximum atomic E-state index is 11.5. The first-order valence-electron chi connectivity index (χ1n) is 5.01. The molecule has 0 aliphatic carbocycles. The van der Waals surface area contributed by atoms with E-state index < -0.39 is 0 Å². The molecule has 0 bridgehead atoms. The highest BCUT2D eigenvalue weighted by molar-refractivity contribution is 8.00. The average molecular weight is 249 g/mol. The van der Waals surface area contributed by atoms with Gasteiger partial charge in [-0.05, 0) is 12.1 Å². The fourth-order valence-corrected chi connectivity index (χ4v) is 1.90. The summed E-state index contributed by atoms with van der Waals surface area (Å²) in [5.74, 6) is 0.800. The first-order chi connectivity index (χ1) is 8.34. The van der Waals surface area contributed by atoms with Gasteiger partial charge >= 0.3 is 0 Å². The number of nitrogens with one attached hydrogen (secondary N) is 2. The third-order valence-electron chi connectivity index (χ3n) is 1.95. The van der Waals surface area contributed by atoms with Crippen LogP contribution in [0.4, 0.5) is 0 Å². The van der Waals surface area contributed by atoms with Gasteiger partial charge in [0.25, 0.3) is 0 Å². The predicted molar refractivity (Wildman–Crippen MR) is 63.2 cm³/mol. The Morgan fingerprint density at radius 1 is 1.35 bits per heavy atom. The minimum absolute atomic E-state index is 0.0522. The molecular weight excluding hydrogens is 238 g/mol. The number of amides is 1. The van der Waals surface area contributed by atoms with Gasteiger partial charge in [0.2, 0.25) is 5.91 Å². The van der Waals surface area contributed by atoms with Crippen LogP contribution in [-0.4, -0.2) is 32.3 Å². The number of rotatable bonds is 5. The maximum Gasteiger partial charge on any atom is 0.230 e. The molecule has 2 N–H and O–H groups in total. The molecule has 6 nitrogen and oxygen atoms in total. The van der Waals surface area contributed by atoms with Crippen molar-refractivity contribution in [1.82, 2.24) is 25.9 Å². The predicted octanol–water partition coefficient (Wildman–Crippen LogP) is 0.608. The summed E-state index contributed by atoms with van der Waals surface area (Å²) in [5, 5.41) is 15.9. The van der Waals surface area contributed by atoms with Crippen LogP contribution in [0.3, 0.4) is 0 Å². The first-order valence-corrected chi connectivity index (χ1v) is 6.00. The van der Waals surface area contributed by atoms with E-state index in [1.165, 1.54) is 11.8 Å². The lowest BCUT2D eigenvalue weighted by molar-refractivity contribution is -0.118. The molecule has 0 aliphatic rings. The number of nitrogens with zero attached hydrogens (tertiary/aromatic N) is 3. The Bertz CT molecular complexity index is 459. The molecule has 0 unspecified atom stereocenters. The standard InChI is InChI=1S/C10H11N5OS/c16-10(11-6-9-12-14-15-13-9)7-17-8-4-2-1-3-5-8/h1-5H,6-7H2,(H,11,16)(H,12,13,14,15). The normalized spacial score (nSPS) is 10.1. The van der Waals surface area contributed by atoms with Crippen molar-refractivity contribution in [3.63, 3.8) is 0 Å². The van der Waals surface area contributed by atoms with E-state index in [2.05, 4.69) is 25.9 Å². The number of aromatic nitrogens is 4. The number of hydrogen-bond acceptors (Lipinski definition) is 5. The fourth-order valence-electron chi connectivity index (χ4n) is 1.15. The lowest BCUT2D eigenvalue weighted by Crippen LogP contribution is -2.25. The molecule has 2 rings (SSSR count). The van der Waals surface area contributed by atoms with Gasteiger partial charge in [0.1, 0.15) is 0 Å². The highest BCUT2D eigenvalue weighted by Crippen LogP contribution is 2.16. The summed E-state index contributed by atoms with van der Waals surface area (Å²) >= 11 is 1.49. The fraction of sp³-hybridized carbons (Fsp3) is 0.200. The van der Waals surface area contributed by atoms with Crippen LogP contribution in [0.1, 0.15) is 5.82 Å². The zero-order valence-electron chi connectivity index (χ0n) is 8.96. The number of hydrogen-bond donors (Lipinski definition) is 2. The lowest BCUT2D eigenvalue weighted by Gasteiger charge is -2.02. The highest BCUT2D eigenvalue weighted by Gasteiger charge is 2.04. The molecule has 0 atom stereocenters. The van der Waals surface area contributed by atoms with E-state index in [1.807, 2.05) is 30.3 Å². The van der Waals surface area contributed by atoms with E-state index in [0.717, 1.165) is 4.90 Å². The molecule has 1 amide bonds. The van der Waals surface area contributed by atoms with Crippen LogP contribution in [0.25, 0.3) is 0 Å². The average Bonchev–Trinajstić information content (AvgIpc) is 2.88. The summed E-state index contributed by atoms with van der Waals surface area (Å²) in [6, 6.07) is 9.77. The summed E-state index contributed by atoms with van der Waals surface area (Å²) in [7, 11) is 0. The Morgan fingerprint density at radius 3 is 2.88 bits per heavy atom. The van der Waals surface area contributed by atoms with Crippen LogP contribution in [0.2, 0.25) is 0 Å². The van der Waals surface area contributed by atoms with Crippen molar-refractivity contribution in [3.05, 3.63) is 36.2 Å². The number of aromatic amines is 1. The number of benzene rings is 1. The van der Waals surface area contributed by atoms with Crippen molar-refractivity contribution in [3.8, 4) is 0 Å². The summed E-state index contributed by atoms with van der Waals surface area (Å²) in [5.41, 5.74) is 0. The van der Waals surface area contributed by atoms with E-state index in [0.29, 0.717) is 18.1 Å². The van der Waals surface area contributed by atoms with Gasteiger partial charge in [-0.3, -0.25) is 4.79 Å². The zero-order chi connectivity index (χ0) is 11.9. The van der Waals surface area contributed by atoms with E-state index in [4.69, 9.17) is 0 Å². The van der Waals surface area contributed by atoms with E-state index in [9.17, 15) is 4.79 Å². The van der Waals surface area contributed by atoms with Gasteiger partial charge in [-0.25, -0.2) is 0 Å². The molecule has 7 heteroatoms. The van der Waals surface area contributed by atoms with Crippen LogP contribution in [-0.2, 0) is 11.3 Å². The van der Waals surface area contributed by atoms with E-state index in [-0.39, 0.29) is 5.91 Å². The molecule has 17 heavy (non-hydrogen) atoms. The lowest BCUT2D eigenvalue weighted by atomic mass is 10.4. The Labute approximate surface area is 102 Å². The van der Waals surface area contributed by atoms with Gasteiger partial charge in [0.15, 0.2) is 5.82 Å². The van der Waals surface area contributed by atoms with Crippen LogP contribution in [0, 0.1) is 0 Å². The smallest absolute Gasteiger partial charge is 0.230 e. The molecule has 0 spiro atoms. The van der Waals surface area contributed by atoms with Crippen molar-refractivity contribution >= 4 is 17.7 Å². The van der Waals surface area contributed by atoms with Gasteiger partial charge in [0.05, 0.1) is 12.3 Å². The number of thioether (sulfide) groups is 1. The second kappa shape index (κ2) is 6.00. The molecule has 1 heterocycles. The van der Waals surface area contributed by atoms with Gasteiger partial charge in [0, 0.05) is 4.90 Å². The summed E-state index contributed by atoms with van der Waals surface area (Å²) in [6.07, 6.45) is 0. The van der Waals surface area contributed by atoms with Gasteiger partial charge in [-0.2, -0.15) is 5.21 Å². The van der Waals surface area contributed by atoms with Crippen molar-refractivity contribution in [2.75, 3.05) is 5.75 Å². The number of carbonyl (C=O) groups excluding carboxylic acids is 1. The highest BCUT2D eigenvalue weighted by atomic mass is 32.2. The Hall–Kier alpha value is -1.89. The van der Waals surface area contributed by atoms with Gasteiger partial charge in [-0.1, -0.05) is 23.4 Å². The minimum Gasteiger partial charge on any atom is -0.348 e. The molecule has 0 saturated carbocycles. The van der Waals surface area contributed by atoms with Crippen molar-refractivity contribution in [2.24, 2.45) is 0 Å². The molecular formula is C10H11N5OS. The Balaban J connectivity index is 1.71. The zero-order valence-corrected chi connectivity index (χ0v) is 9.78. The van der Waals surface area contributed by atoms with Crippen molar-refractivity contribution in [1.29, 1.82) is 0 Å². The maximum absolute atomic E-state index is 11.5. The number of H-pyrrole nitrogens is 1. The summed E-state index contributed by atoms with van der Waals surface area (Å²) < 4.78 is 0. The molecule has 0 saturated heterocycles. The van der Waals surface area contributed by atoms with Gasteiger partial charge < -0.3 is 5.32 Å². The summed E-state index contributed by atoms with van der Waals surface area (Å²) in [6.45, 7) is 0.296. The molecule has 1 aromatic heterocycles. The number of tetrazole rings is 1. The van der Waals surface area contributed by atoms with Crippen molar-refractivity contribution < 1.29 is 4.79 Å². The monoisotopic (exact) mass is 249 g/mol. The van der Waals surface area contributed by atoms with Crippen LogP contribution < -0.4 is 5.32 Å². The van der Waals surface area contributed by atoms with E-state index >= 15 is 0 Å². The molecule has 88 valence electrons.